The summed E-state index contributed by atoms with van der Waals surface area (Å²) in [7, 11) is 1.30. The molecule has 0 spiro atoms. The molecule has 0 radical (unpaired) electrons. The van der Waals surface area contributed by atoms with Crippen LogP contribution in [0.4, 0.5) is 8.78 Å². The largest absolute Gasteiger partial charge is 0.493 e. The van der Waals surface area contributed by atoms with Crippen molar-refractivity contribution in [3.8, 4) is 11.5 Å². The molecule has 0 saturated heterocycles. The summed E-state index contributed by atoms with van der Waals surface area (Å²) in [6.45, 7) is -2.98. The van der Waals surface area contributed by atoms with Crippen molar-refractivity contribution in [3.05, 3.63) is 64.7 Å². The molecule has 0 heterocycles. The Bertz CT molecular complexity index is 859. The lowest BCUT2D eigenvalue weighted by Crippen LogP contribution is -2.40. The van der Waals surface area contributed by atoms with Crippen molar-refractivity contribution in [3.63, 3.8) is 0 Å². The van der Waals surface area contributed by atoms with Gasteiger partial charge in [-0.2, -0.15) is 8.78 Å². The van der Waals surface area contributed by atoms with E-state index < -0.39 is 18.4 Å². The van der Waals surface area contributed by atoms with Gasteiger partial charge in [-0.1, -0.05) is 29.8 Å². The molecule has 6 nitrogen and oxygen atoms in total. The average molecular weight is 397 g/mol. The van der Waals surface area contributed by atoms with Crippen LogP contribution in [-0.2, 0) is 4.79 Å². The predicted octanol–water partition coefficient (Wildman–Crippen LogP) is 3.42. The van der Waals surface area contributed by atoms with E-state index in [1.54, 1.807) is 18.2 Å². The number of carbonyl (C=O) groups is 2. The van der Waals surface area contributed by atoms with Gasteiger partial charge in [0.15, 0.2) is 11.5 Å². The summed E-state index contributed by atoms with van der Waals surface area (Å²) < 4.78 is 33.9. The SMILES string of the molecule is COc1cc(/C=C/C(=O)NNC(=O)c2ccccc2Cl)ccc1OC(F)F. The van der Waals surface area contributed by atoms with Gasteiger partial charge in [-0.05, 0) is 35.9 Å². The number of halogens is 3. The fraction of sp³-hybridized carbons (Fsp3) is 0.111. The van der Waals surface area contributed by atoms with E-state index in [9.17, 15) is 18.4 Å². The molecule has 2 N–H and O–H groups in total. The third-order valence-electron chi connectivity index (χ3n) is 3.25. The monoisotopic (exact) mass is 396 g/mol. The molecule has 0 unspecified atom stereocenters. The van der Waals surface area contributed by atoms with E-state index in [0.29, 0.717) is 5.56 Å². The van der Waals surface area contributed by atoms with E-state index in [-0.39, 0.29) is 22.1 Å². The molecule has 0 fully saturated rings. The number of carbonyl (C=O) groups excluding carboxylic acids is 2. The molecule has 2 aromatic rings. The molecule has 9 heteroatoms. The Morgan fingerprint density at radius 1 is 1.11 bits per heavy atom. The molecule has 27 heavy (non-hydrogen) atoms. The lowest BCUT2D eigenvalue weighted by atomic mass is 10.2. The maximum atomic E-state index is 12.3. The summed E-state index contributed by atoms with van der Waals surface area (Å²) in [5.41, 5.74) is 5.14. The zero-order chi connectivity index (χ0) is 19.8. The van der Waals surface area contributed by atoms with Crippen LogP contribution in [0.1, 0.15) is 15.9 Å². The Balaban J connectivity index is 1.96. The van der Waals surface area contributed by atoms with Crippen molar-refractivity contribution in [2.75, 3.05) is 7.11 Å². The van der Waals surface area contributed by atoms with Crippen molar-refractivity contribution in [1.29, 1.82) is 0 Å². The van der Waals surface area contributed by atoms with Gasteiger partial charge in [0.05, 0.1) is 17.7 Å². The summed E-state index contributed by atoms with van der Waals surface area (Å²) in [6.07, 6.45) is 2.56. The standard InChI is InChI=1S/C18H15ClF2N2O4/c1-26-15-10-11(6-8-14(15)27-18(20)21)7-9-16(24)22-23-17(25)12-4-2-3-5-13(12)19/h2-10,18H,1H3,(H,22,24)(H,23,25)/b9-7+. The van der Waals surface area contributed by atoms with Gasteiger partial charge in [-0.15, -0.1) is 0 Å². The molecular weight excluding hydrogens is 382 g/mol. The molecule has 0 bridgehead atoms. The number of rotatable bonds is 6. The van der Waals surface area contributed by atoms with Gasteiger partial charge in [0, 0.05) is 6.08 Å². The van der Waals surface area contributed by atoms with Gasteiger partial charge >= 0.3 is 6.61 Å². The topological polar surface area (TPSA) is 76.7 Å². The third kappa shape index (κ3) is 5.96. The summed E-state index contributed by atoms with van der Waals surface area (Å²) in [6, 6.07) is 10.5. The highest BCUT2D eigenvalue weighted by molar-refractivity contribution is 6.33. The molecule has 0 aliphatic carbocycles. The van der Waals surface area contributed by atoms with Crippen LogP contribution in [0.2, 0.25) is 5.02 Å². The predicted molar refractivity (Wildman–Crippen MR) is 95.7 cm³/mol. The van der Waals surface area contributed by atoms with E-state index in [0.717, 1.165) is 6.08 Å². The molecule has 0 atom stereocenters. The Hall–Kier alpha value is -3.13. The van der Waals surface area contributed by atoms with Gasteiger partial charge in [-0.25, -0.2) is 0 Å². The quantitative estimate of drug-likeness (QED) is 0.579. The average Bonchev–Trinajstić information content (AvgIpc) is 2.65. The zero-order valence-electron chi connectivity index (χ0n) is 14.0. The Morgan fingerprint density at radius 2 is 1.85 bits per heavy atom. The van der Waals surface area contributed by atoms with Crippen LogP contribution >= 0.6 is 11.6 Å². The first-order valence-electron chi connectivity index (χ1n) is 7.56. The van der Waals surface area contributed by atoms with E-state index in [4.69, 9.17) is 16.3 Å². The van der Waals surface area contributed by atoms with Crippen LogP contribution < -0.4 is 20.3 Å². The second-order valence-corrected chi connectivity index (χ2v) is 5.45. The number of nitrogens with one attached hydrogen (secondary N) is 2. The first-order chi connectivity index (χ1) is 12.9. The Labute approximate surface area is 158 Å². The normalized spacial score (nSPS) is 10.7. The first kappa shape index (κ1) is 20.2. The van der Waals surface area contributed by atoms with Crippen LogP contribution in [0.5, 0.6) is 11.5 Å². The van der Waals surface area contributed by atoms with E-state index in [1.165, 1.54) is 37.5 Å². The zero-order valence-corrected chi connectivity index (χ0v) is 14.8. The van der Waals surface area contributed by atoms with Crippen LogP contribution in [-0.4, -0.2) is 25.5 Å². The minimum atomic E-state index is -2.98. The summed E-state index contributed by atoms with van der Waals surface area (Å²) in [5.74, 6) is -1.22. The van der Waals surface area contributed by atoms with Crippen LogP contribution in [0.25, 0.3) is 6.08 Å². The molecule has 0 aliphatic rings. The molecule has 2 rings (SSSR count). The van der Waals surface area contributed by atoms with E-state index in [1.807, 2.05) is 0 Å². The second kappa shape index (κ2) is 9.54. The maximum Gasteiger partial charge on any atom is 0.387 e. The Morgan fingerprint density at radius 3 is 2.52 bits per heavy atom. The lowest BCUT2D eigenvalue weighted by molar-refractivity contribution is -0.117. The summed E-state index contributed by atoms with van der Waals surface area (Å²) >= 11 is 5.89. The van der Waals surface area contributed by atoms with Crippen molar-refractivity contribution >= 4 is 29.5 Å². The van der Waals surface area contributed by atoms with Crippen LogP contribution in [0.15, 0.2) is 48.5 Å². The number of methoxy groups -OCH3 is 1. The highest BCUT2D eigenvalue weighted by atomic mass is 35.5. The fourth-order valence-electron chi connectivity index (χ4n) is 2.03. The van der Waals surface area contributed by atoms with E-state index in [2.05, 4.69) is 15.6 Å². The maximum absolute atomic E-state index is 12.3. The molecule has 2 aromatic carbocycles. The van der Waals surface area contributed by atoms with Gasteiger partial charge < -0.3 is 9.47 Å². The van der Waals surface area contributed by atoms with Gasteiger partial charge in [0.25, 0.3) is 11.8 Å². The number of hydrogen-bond donors (Lipinski definition) is 2. The number of alkyl halides is 2. The number of hydrogen-bond acceptors (Lipinski definition) is 4. The van der Waals surface area contributed by atoms with Crippen molar-refractivity contribution in [2.24, 2.45) is 0 Å². The number of benzene rings is 2. The highest BCUT2D eigenvalue weighted by Crippen LogP contribution is 2.29. The molecular formula is C18H15ClF2N2O4. The van der Waals surface area contributed by atoms with Crippen molar-refractivity contribution in [1.82, 2.24) is 10.9 Å². The summed E-state index contributed by atoms with van der Waals surface area (Å²) in [4.78, 5) is 23.7. The summed E-state index contributed by atoms with van der Waals surface area (Å²) in [5, 5.41) is 0.248. The fourth-order valence-corrected chi connectivity index (χ4v) is 2.25. The van der Waals surface area contributed by atoms with Crippen LogP contribution in [0.3, 0.4) is 0 Å². The minimum Gasteiger partial charge on any atom is -0.493 e. The molecule has 2 amide bonds. The Kier molecular flexibility index (Phi) is 7.13. The minimum absolute atomic E-state index is 0.0879. The molecule has 0 aliphatic heterocycles. The third-order valence-corrected chi connectivity index (χ3v) is 3.58. The number of ether oxygens (including phenoxy) is 2. The number of amides is 2. The van der Waals surface area contributed by atoms with Gasteiger partial charge in [-0.3, -0.25) is 20.4 Å². The van der Waals surface area contributed by atoms with Gasteiger partial charge in [0.1, 0.15) is 0 Å². The lowest BCUT2D eigenvalue weighted by Gasteiger charge is -2.10. The first-order valence-corrected chi connectivity index (χ1v) is 7.94. The molecule has 142 valence electrons. The van der Waals surface area contributed by atoms with Crippen molar-refractivity contribution in [2.45, 2.75) is 6.61 Å². The van der Waals surface area contributed by atoms with E-state index >= 15 is 0 Å². The molecule has 0 saturated carbocycles. The number of hydrazine groups is 1. The smallest absolute Gasteiger partial charge is 0.387 e. The second-order valence-electron chi connectivity index (χ2n) is 5.05. The highest BCUT2D eigenvalue weighted by Gasteiger charge is 2.11. The van der Waals surface area contributed by atoms with Gasteiger partial charge in [0.2, 0.25) is 0 Å². The molecule has 0 aromatic heterocycles. The van der Waals surface area contributed by atoms with Crippen molar-refractivity contribution < 1.29 is 27.8 Å². The van der Waals surface area contributed by atoms with Crippen LogP contribution in [0, 0.1) is 0 Å².